The molecule has 0 aliphatic heterocycles. The zero-order valence-electron chi connectivity index (χ0n) is 15.5. The number of nitro benzene ring substituents is 1. The molecule has 4 rings (SSSR count). The van der Waals surface area contributed by atoms with Crippen LogP contribution in [0.3, 0.4) is 0 Å². The molecule has 0 bridgehead atoms. The molecule has 0 saturated carbocycles. The predicted octanol–water partition coefficient (Wildman–Crippen LogP) is 4.04. The van der Waals surface area contributed by atoms with E-state index in [4.69, 9.17) is 4.52 Å². The first-order chi connectivity index (χ1) is 14.0. The smallest absolute Gasteiger partial charge is 0.270 e. The second-order valence-electron chi connectivity index (χ2n) is 6.48. The molecule has 1 amide bonds. The van der Waals surface area contributed by atoms with Crippen LogP contribution < -0.4 is 5.32 Å². The van der Waals surface area contributed by atoms with E-state index in [1.165, 1.54) is 12.1 Å². The minimum Gasteiger partial charge on any atom is -0.348 e. The van der Waals surface area contributed by atoms with Crippen molar-refractivity contribution in [2.45, 2.75) is 13.5 Å². The van der Waals surface area contributed by atoms with Gasteiger partial charge in [0.15, 0.2) is 0 Å². The minimum atomic E-state index is -0.478. The molecule has 2 aromatic heterocycles. The molecular formula is C21H16N4O4. The Morgan fingerprint density at radius 1 is 1.14 bits per heavy atom. The van der Waals surface area contributed by atoms with Crippen LogP contribution in [-0.2, 0) is 6.54 Å². The quantitative estimate of drug-likeness (QED) is 0.408. The number of amides is 1. The molecule has 144 valence electrons. The molecule has 0 saturated heterocycles. The molecule has 0 fully saturated rings. The zero-order valence-corrected chi connectivity index (χ0v) is 15.5. The highest BCUT2D eigenvalue weighted by Crippen LogP contribution is 2.28. The first kappa shape index (κ1) is 18.3. The van der Waals surface area contributed by atoms with Crippen molar-refractivity contribution in [3.8, 4) is 11.3 Å². The van der Waals surface area contributed by atoms with E-state index in [-0.39, 0.29) is 17.3 Å². The molecule has 2 aromatic carbocycles. The van der Waals surface area contributed by atoms with Gasteiger partial charge in [-0.2, -0.15) is 0 Å². The van der Waals surface area contributed by atoms with Crippen LogP contribution >= 0.6 is 0 Å². The van der Waals surface area contributed by atoms with E-state index >= 15 is 0 Å². The van der Waals surface area contributed by atoms with Crippen molar-refractivity contribution in [3.05, 3.63) is 87.6 Å². The third-order valence-corrected chi connectivity index (χ3v) is 4.51. The van der Waals surface area contributed by atoms with Gasteiger partial charge in [-0.3, -0.25) is 14.9 Å². The SMILES string of the molecule is Cc1noc2nc(-c3cccc([N+](=O)[O-])c3)cc(C(=O)NCc3ccccc3)c12. The molecule has 29 heavy (non-hydrogen) atoms. The normalized spacial score (nSPS) is 10.8. The van der Waals surface area contributed by atoms with Crippen LogP contribution in [0.25, 0.3) is 22.4 Å². The van der Waals surface area contributed by atoms with Crippen molar-refractivity contribution in [2.75, 3.05) is 0 Å². The maximum atomic E-state index is 12.9. The van der Waals surface area contributed by atoms with Gasteiger partial charge < -0.3 is 9.84 Å². The molecule has 8 nitrogen and oxygen atoms in total. The van der Waals surface area contributed by atoms with Crippen LogP contribution in [0.4, 0.5) is 5.69 Å². The van der Waals surface area contributed by atoms with Gasteiger partial charge in [0.25, 0.3) is 17.3 Å². The number of carbonyl (C=O) groups excluding carboxylic acids is 1. The van der Waals surface area contributed by atoms with Gasteiger partial charge in [0, 0.05) is 24.2 Å². The first-order valence-electron chi connectivity index (χ1n) is 8.87. The number of benzene rings is 2. The topological polar surface area (TPSA) is 111 Å². The van der Waals surface area contributed by atoms with Gasteiger partial charge in [-0.25, -0.2) is 4.98 Å². The number of non-ortho nitro benzene ring substituents is 1. The zero-order chi connectivity index (χ0) is 20.4. The minimum absolute atomic E-state index is 0.0618. The highest BCUT2D eigenvalue weighted by Gasteiger charge is 2.20. The number of fused-ring (bicyclic) bond motifs is 1. The number of nitro groups is 1. The summed E-state index contributed by atoms with van der Waals surface area (Å²) in [5.74, 6) is -0.306. The lowest BCUT2D eigenvalue weighted by atomic mass is 10.0. The van der Waals surface area contributed by atoms with Gasteiger partial charge in [0.05, 0.1) is 27.3 Å². The average molecular weight is 388 g/mol. The van der Waals surface area contributed by atoms with Gasteiger partial charge in [0.2, 0.25) is 0 Å². The average Bonchev–Trinajstić information content (AvgIpc) is 3.13. The third-order valence-electron chi connectivity index (χ3n) is 4.51. The van der Waals surface area contributed by atoms with E-state index < -0.39 is 4.92 Å². The Labute approximate surface area is 165 Å². The van der Waals surface area contributed by atoms with E-state index in [1.54, 1.807) is 25.1 Å². The van der Waals surface area contributed by atoms with Gasteiger partial charge in [-0.1, -0.05) is 47.6 Å². The lowest BCUT2D eigenvalue weighted by molar-refractivity contribution is -0.384. The highest BCUT2D eigenvalue weighted by molar-refractivity contribution is 6.07. The lowest BCUT2D eigenvalue weighted by Gasteiger charge is -2.08. The Balaban J connectivity index is 1.74. The summed E-state index contributed by atoms with van der Waals surface area (Å²) in [7, 11) is 0. The van der Waals surface area contributed by atoms with Crippen molar-refractivity contribution in [1.82, 2.24) is 15.5 Å². The molecular weight excluding hydrogens is 372 g/mol. The van der Waals surface area contributed by atoms with Crippen LogP contribution in [-0.4, -0.2) is 21.0 Å². The van der Waals surface area contributed by atoms with Crippen molar-refractivity contribution < 1.29 is 14.2 Å². The van der Waals surface area contributed by atoms with Crippen LogP contribution in [0, 0.1) is 17.0 Å². The molecule has 0 aliphatic rings. The maximum Gasteiger partial charge on any atom is 0.270 e. The molecule has 0 radical (unpaired) electrons. The number of rotatable bonds is 5. The van der Waals surface area contributed by atoms with E-state index in [0.717, 1.165) is 5.56 Å². The molecule has 1 N–H and O–H groups in total. The molecule has 8 heteroatoms. The van der Waals surface area contributed by atoms with Crippen molar-refractivity contribution in [1.29, 1.82) is 0 Å². The standard InChI is InChI=1S/C21H16N4O4/c1-13-19-17(20(26)22-12-14-6-3-2-4-7-14)11-18(23-21(19)29-24-13)15-8-5-9-16(10-15)25(27)28/h2-11H,12H2,1H3,(H,22,26). The van der Waals surface area contributed by atoms with Crippen LogP contribution in [0.15, 0.2) is 65.2 Å². The van der Waals surface area contributed by atoms with E-state index in [9.17, 15) is 14.9 Å². The van der Waals surface area contributed by atoms with Crippen molar-refractivity contribution in [2.24, 2.45) is 0 Å². The van der Waals surface area contributed by atoms with Crippen molar-refractivity contribution >= 4 is 22.7 Å². The van der Waals surface area contributed by atoms with Gasteiger partial charge >= 0.3 is 0 Å². The van der Waals surface area contributed by atoms with E-state index in [1.807, 2.05) is 30.3 Å². The molecule has 0 spiro atoms. The Morgan fingerprint density at radius 3 is 2.69 bits per heavy atom. The fourth-order valence-corrected chi connectivity index (χ4v) is 3.07. The predicted molar refractivity (Wildman–Crippen MR) is 106 cm³/mol. The Bertz CT molecular complexity index is 1220. The third kappa shape index (κ3) is 3.68. The number of pyridine rings is 1. The summed E-state index contributed by atoms with van der Waals surface area (Å²) < 4.78 is 5.27. The number of hydrogen-bond donors (Lipinski definition) is 1. The van der Waals surface area contributed by atoms with Crippen LogP contribution in [0.1, 0.15) is 21.6 Å². The monoisotopic (exact) mass is 388 g/mol. The summed E-state index contributed by atoms with van der Waals surface area (Å²) >= 11 is 0. The fourth-order valence-electron chi connectivity index (χ4n) is 3.07. The Hall–Kier alpha value is -4.07. The summed E-state index contributed by atoms with van der Waals surface area (Å²) in [4.78, 5) is 27.9. The molecule has 0 atom stereocenters. The number of carbonyl (C=O) groups is 1. The first-order valence-corrected chi connectivity index (χ1v) is 8.87. The van der Waals surface area contributed by atoms with Gasteiger partial charge in [-0.05, 0) is 18.6 Å². The van der Waals surface area contributed by atoms with E-state index in [2.05, 4.69) is 15.5 Å². The Kier molecular flexibility index (Phi) is 4.74. The summed E-state index contributed by atoms with van der Waals surface area (Å²) in [6.07, 6.45) is 0. The summed E-state index contributed by atoms with van der Waals surface area (Å²) in [5.41, 5.74) is 2.90. The van der Waals surface area contributed by atoms with Crippen LogP contribution in [0.2, 0.25) is 0 Å². The second-order valence-corrected chi connectivity index (χ2v) is 6.48. The summed E-state index contributed by atoms with van der Waals surface area (Å²) in [5, 5.41) is 18.4. The fraction of sp³-hybridized carbons (Fsp3) is 0.0952. The lowest BCUT2D eigenvalue weighted by Crippen LogP contribution is -2.23. The highest BCUT2D eigenvalue weighted by atomic mass is 16.6. The summed E-state index contributed by atoms with van der Waals surface area (Å²) in [6, 6.07) is 17.2. The number of hydrogen-bond acceptors (Lipinski definition) is 6. The Morgan fingerprint density at radius 2 is 1.93 bits per heavy atom. The number of nitrogens with one attached hydrogen (secondary N) is 1. The largest absolute Gasteiger partial charge is 0.348 e. The van der Waals surface area contributed by atoms with Gasteiger partial charge in [-0.15, -0.1) is 0 Å². The van der Waals surface area contributed by atoms with E-state index in [0.29, 0.717) is 34.4 Å². The number of aryl methyl sites for hydroxylation is 1. The second kappa shape index (κ2) is 7.51. The molecule has 0 unspecified atom stereocenters. The molecule has 2 heterocycles. The maximum absolute atomic E-state index is 12.9. The number of nitrogens with zero attached hydrogens (tertiary/aromatic N) is 3. The summed E-state index contributed by atoms with van der Waals surface area (Å²) in [6.45, 7) is 2.09. The van der Waals surface area contributed by atoms with Crippen molar-refractivity contribution in [3.63, 3.8) is 0 Å². The number of aromatic nitrogens is 2. The van der Waals surface area contributed by atoms with Crippen LogP contribution in [0.5, 0.6) is 0 Å². The van der Waals surface area contributed by atoms with Gasteiger partial charge in [0.1, 0.15) is 0 Å². The molecule has 4 aromatic rings. The molecule has 0 aliphatic carbocycles.